The van der Waals surface area contributed by atoms with Crippen LogP contribution < -0.4 is 10.6 Å². The Hall–Kier alpha value is 0.140. The van der Waals surface area contributed by atoms with E-state index in [-0.39, 0.29) is 17.9 Å². The van der Waals surface area contributed by atoms with Crippen LogP contribution in [0.15, 0.2) is 0 Å². The first-order valence-corrected chi connectivity index (χ1v) is 4.43. The van der Waals surface area contributed by atoms with Crippen LogP contribution in [0.4, 0.5) is 4.39 Å². The molecule has 2 heterocycles. The van der Waals surface area contributed by atoms with Crippen molar-refractivity contribution in [2.45, 2.75) is 31.0 Å². The highest BCUT2D eigenvalue weighted by molar-refractivity contribution is 5.85. The highest BCUT2D eigenvalue weighted by Gasteiger charge is 2.42. The molecule has 2 rings (SSSR count). The molecule has 0 aromatic rings. The van der Waals surface area contributed by atoms with Crippen LogP contribution in [0.5, 0.6) is 0 Å². The fourth-order valence-electron chi connectivity index (χ4n) is 2.14. The maximum absolute atomic E-state index is 13.4. The van der Waals surface area contributed by atoms with E-state index >= 15 is 0 Å². The average molecular weight is 195 g/mol. The zero-order valence-electron chi connectivity index (χ0n) is 7.11. The summed E-state index contributed by atoms with van der Waals surface area (Å²) >= 11 is 0. The fourth-order valence-corrected chi connectivity index (χ4v) is 2.14. The van der Waals surface area contributed by atoms with Crippen molar-refractivity contribution in [3.05, 3.63) is 0 Å². The van der Waals surface area contributed by atoms with E-state index in [9.17, 15) is 4.39 Å². The number of hydrogen-bond donors (Lipinski definition) is 2. The summed E-state index contributed by atoms with van der Waals surface area (Å²) in [6.45, 7) is 2.77. The normalized spacial score (nSPS) is 41.2. The molecule has 2 saturated heterocycles. The molecule has 72 valence electrons. The Bertz CT molecular complexity index is 148. The molecule has 2 nitrogen and oxygen atoms in total. The Morgan fingerprint density at radius 1 is 1.33 bits per heavy atom. The van der Waals surface area contributed by atoms with Crippen molar-refractivity contribution in [2.75, 3.05) is 19.6 Å². The van der Waals surface area contributed by atoms with Crippen LogP contribution in [0.3, 0.4) is 0 Å². The Morgan fingerprint density at radius 3 is 2.75 bits per heavy atom. The number of halogens is 2. The summed E-state index contributed by atoms with van der Waals surface area (Å²) in [5, 5.41) is 6.52. The topological polar surface area (TPSA) is 24.1 Å². The quantitative estimate of drug-likeness (QED) is 0.598. The molecule has 2 unspecified atom stereocenters. The molecule has 0 aliphatic carbocycles. The summed E-state index contributed by atoms with van der Waals surface area (Å²) in [5.41, 5.74) is -0.196. The van der Waals surface area contributed by atoms with Gasteiger partial charge in [0.25, 0.3) is 0 Å². The fraction of sp³-hybridized carbons (Fsp3) is 1.00. The van der Waals surface area contributed by atoms with Crippen LogP contribution >= 0.6 is 12.4 Å². The predicted octanol–water partition coefficient (Wildman–Crippen LogP) is 0.862. The van der Waals surface area contributed by atoms with Gasteiger partial charge in [-0.25, -0.2) is 4.39 Å². The highest BCUT2D eigenvalue weighted by atomic mass is 35.5. The lowest BCUT2D eigenvalue weighted by atomic mass is 9.86. The van der Waals surface area contributed by atoms with Gasteiger partial charge >= 0.3 is 0 Å². The second kappa shape index (κ2) is 3.90. The zero-order valence-corrected chi connectivity index (χ0v) is 7.92. The molecule has 2 aliphatic rings. The van der Waals surface area contributed by atoms with Crippen LogP contribution in [-0.2, 0) is 0 Å². The van der Waals surface area contributed by atoms with E-state index < -0.39 is 6.17 Å². The molecule has 0 radical (unpaired) electrons. The summed E-state index contributed by atoms with van der Waals surface area (Å²) < 4.78 is 13.4. The van der Waals surface area contributed by atoms with Gasteiger partial charge in [0, 0.05) is 6.54 Å². The van der Waals surface area contributed by atoms with Gasteiger partial charge < -0.3 is 10.6 Å². The Balaban J connectivity index is 0.000000720. The highest BCUT2D eigenvalue weighted by Crippen LogP contribution is 2.28. The van der Waals surface area contributed by atoms with Gasteiger partial charge in [-0.2, -0.15) is 0 Å². The second-order valence-electron chi connectivity index (χ2n) is 3.62. The molecule has 0 bridgehead atoms. The van der Waals surface area contributed by atoms with Gasteiger partial charge in [-0.1, -0.05) is 0 Å². The SMILES string of the molecule is Cl.FC1CCCNC12CCNC2. The minimum atomic E-state index is -0.633. The third-order valence-corrected chi connectivity index (χ3v) is 2.90. The van der Waals surface area contributed by atoms with E-state index in [2.05, 4.69) is 10.6 Å². The summed E-state index contributed by atoms with van der Waals surface area (Å²) in [6, 6.07) is 0. The lowest BCUT2D eigenvalue weighted by Gasteiger charge is -2.37. The summed E-state index contributed by atoms with van der Waals surface area (Å²) in [4.78, 5) is 0. The molecule has 0 aromatic heterocycles. The van der Waals surface area contributed by atoms with Crippen LogP contribution in [-0.4, -0.2) is 31.3 Å². The average Bonchev–Trinajstić information content (AvgIpc) is 2.46. The molecule has 0 aromatic carbocycles. The number of hydrogen-bond acceptors (Lipinski definition) is 2. The van der Waals surface area contributed by atoms with Gasteiger partial charge in [-0.05, 0) is 32.4 Å². The Kier molecular flexibility index (Phi) is 3.32. The van der Waals surface area contributed by atoms with E-state index in [0.717, 1.165) is 38.9 Å². The molecule has 4 heteroatoms. The van der Waals surface area contributed by atoms with Crippen LogP contribution in [0.2, 0.25) is 0 Å². The lowest BCUT2D eigenvalue weighted by Crippen LogP contribution is -2.57. The lowest BCUT2D eigenvalue weighted by molar-refractivity contribution is 0.122. The zero-order chi connectivity index (χ0) is 7.73. The maximum atomic E-state index is 13.4. The molecular weight excluding hydrogens is 179 g/mol. The molecule has 2 aliphatic heterocycles. The first kappa shape index (κ1) is 10.2. The van der Waals surface area contributed by atoms with E-state index in [4.69, 9.17) is 0 Å². The summed E-state index contributed by atoms with van der Waals surface area (Å²) in [5.74, 6) is 0. The molecule has 12 heavy (non-hydrogen) atoms. The molecule has 1 spiro atoms. The molecule has 2 atom stereocenters. The van der Waals surface area contributed by atoms with Crippen molar-refractivity contribution in [3.63, 3.8) is 0 Å². The van der Waals surface area contributed by atoms with Gasteiger partial charge in [0.2, 0.25) is 0 Å². The van der Waals surface area contributed by atoms with E-state index in [1.54, 1.807) is 0 Å². The molecular formula is C8H16ClFN2. The second-order valence-corrected chi connectivity index (χ2v) is 3.62. The van der Waals surface area contributed by atoms with Gasteiger partial charge in [-0.3, -0.25) is 0 Å². The number of piperidine rings is 1. The smallest absolute Gasteiger partial charge is 0.120 e. The molecule has 2 N–H and O–H groups in total. The van der Waals surface area contributed by atoms with Crippen molar-refractivity contribution < 1.29 is 4.39 Å². The minimum Gasteiger partial charge on any atom is -0.315 e. The first-order valence-electron chi connectivity index (χ1n) is 4.43. The van der Waals surface area contributed by atoms with Gasteiger partial charge in [0.1, 0.15) is 6.17 Å². The van der Waals surface area contributed by atoms with Crippen molar-refractivity contribution >= 4 is 12.4 Å². The van der Waals surface area contributed by atoms with Crippen molar-refractivity contribution in [1.29, 1.82) is 0 Å². The number of alkyl halides is 1. The number of rotatable bonds is 0. The monoisotopic (exact) mass is 194 g/mol. The van der Waals surface area contributed by atoms with Crippen molar-refractivity contribution in [1.82, 2.24) is 10.6 Å². The van der Waals surface area contributed by atoms with Gasteiger partial charge in [-0.15, -0.1) is 12.4 Å². The third-order valence-electron chi connectivity index (χ3n) is 2.90. The minimum absolute atomic E-state index is 0. The Labute approximate surface area is 78.7 Å². The summed E-state index contributed by atoms with van der Waals surface area (Å²) in [7, 11) is 0. The van der Waals surface area contributed by atoms with Gasteiger partial charge in [0.05, 0.1) is 5.54 Å². The molecule has 0 amide bonds. The largest absolute Gasteiger partial charge is 0.315 e. The van der Waals surface area contributed by atoms with Crippen LogP contribution in [0.25, 0.3) is 0 Å². The van der Waals surface area contributed by atoms with Crippen LogP contribution in [0, 0.1) is 0 Å². The third kappa shape index (κ3) is 1.58. The number of nitrogens with one attached hydrogen (secondary N) is 2. The molecule has 2 fully saturated rings. The first-order chi connectivity index (χ1) is 5.33. The van der Waals surface area contributed by atoms with E-state index in [0.29, 0.717) is 0 Å². The standard InChI is InChI=1S/C8H15FN2.ClH/c9-7-2-1-4-11-8(7)3-5-10-6-8;/h7,10-11H,1-6H2;1H. The van der Waals surface area contributed by atoms with Gasteiger partial charge in [0.15, 0.2) is 0 Å². The van der Waals surface area contributed by atoms with Crippen LogP contribution in [0.1, 0.15) is 19.3 Å². The van der Waals surface area contributed by atoms with E-state index in [1.807, 2.05) is 0 Å². The maximum Gasteiger partial charge on any atom is 0.120 e. The molecule has 0 saturated carbocycles. The van der Waals surface area contributed by atoms with Crippen molar-refractivity contribution in [2.24, 2.45) is 0 Å². The predicted molar refractivity (Wildman–Crippen MR) is 49.6 cm³/mol. The van der Waals surface area contributed by atoms with Crippen molar-refractivity contribution in [3.8, 4) is 0 Å². The Morgan fingerprint density at radius 2 is 2.17 bits per heavy atom. The summed E-state index contributed by atoms with van der Waals surface area (Å²) in [6.07, 6.45) is 2.05. The van der Waals surface area contributed by atoms with E-state index in [1.165, 1.54) is 0 Å².